The summed E-state index contributed by atoms with van der Waals surface area (Å²) in [6.07, 6.45) is -0.184. The molecule has 0 aliphatic carbocycles. The molecule has 1 amide bonds. The van der Waals surface area contributed by atoms with Gasteiger partial charge >= 0.3 is 11.9 Å². The average molecular weight is 448 g/mol. The zero-order valence-corrected chi connectivity index (χ0v) is 17.8. The SMILES string of the molecule is COC(=O)c1ccc(C(=O)OC)c(NC(=O)[C@H]2CN(S(C)(=O)=O)c3ccccc3O2)c1. The van der Waals surface area contributed by atoms with E-state index in [4.69, 9.17) is 9.47 Å². The van der Waals surface area contributed by atoms with Crippen molar-refractivity contribution in [2.24, 2.45) is 0 Å². The second kappa shape index (κ2) is 8.64. The summed E-state index contributed by atoms with van der Waals surface area (Å²) >= 11 is 0. The molecule has 0 radical (unpaired) electrons. The van der Waals surface area contributed by atoms with Crippen molar-refractivity contribution in [3.05, 3.63) is 53.6 Å². The van der Waals surface area contributed by atoms with E-state index >= 15 is 0 Å². The number of hydrogen-bond acceptors (Lipinski definition) is 8. The van der Waals surface area contributed by atoms with Gasteiger partial charge in [-0.3, -0.25) is 9.10 Å². The highest BCUT2D eigenvalue weighted by Crippen LogP contribution is 2.35. The summed E-state index contributed by atoms with van der Waals surface area (Å²) in [4.78, 5) is 36.9. The number of carbonyl (C=O) groups excluding carboxylic acids is 3. The molecular formula is C20H20N2O8S. The van der Waals surface area contributed by atoms with Crippen molar-refractivity contribution < 1.29 is 37.0 Å². The summed E-state index contributed by atoms with van der Waals surface area (Å²) in [5.74, 6) is -1.90. The lowest BCUT2D eigenvalue weighted by atomic mass is 10.1. The molecule has 0 spiro atoms. The molecule has 1 atom stereocenters. The van der Waals surface area contributed by atoms with Crippen LogP contribution in [0, 0.1) is 0 Å². The van der Waals surface area contributed by atoms with Crippen LogP contribution in [0.15, 0.2) is 42.5 Å². The van der Waals surface area contributed by atoms with Gasteiger partial charge in [-0.05, 0) is 30.3 Å². The Hall–Kier alpha value is -3.60. The Bertz CT molecular complexity index is 1150. The van der Waals surface area contributed by atoms with Crippen LogP contribution >= 0.6 is 0 Å². The van der Waals surface area contributed by atoms with Crippen LogP contribution in [0.5, 0.6) is 5.75 Å². The number of nitrogens with one attached hydrogen (secondary N) is 1. The number of rotatable bonds is 5. The Balaban J connectivity index is 1.94. The summed E-state index contributed by atoms with van der Waals surface area (Å²) in [7, 11) is -1.32. The minimum absolute atomic E-state index is 0.000295. The maximum Gasteiger partial charge on any atom is 0.339 e. The molecule has 0 saturated heterocycles. The molecule has 3 rings (SSSR count). The fourth-order valence-electron chi connectivity index (χ4n) is 3.05. The summed E-state index contributed by atoms with van der Waals surface area (Å²) in [6.45, 7) is -0.272. The Morgan fingerprint density at radius 2 is 1.74 bits per heavy atom. The number of fused-ring (bicyclic) bond motifs is 1. The molecule has 1 aliphatic heterocycles. The second-order valence-electron chi connectivity index (χ2n) is 6.60. The van der Waals surface area contributed by atoms with E-state index in [0.29, 0.717) is 5.69 Å². The van der Waals surface area contributed by atoms with Crippen LogP contribution in [-0.4, -0.2) is 59.4 Å². The summed E-state index contributed by atoms with van der Waals surface area (Å²) in [5.41, 5.74) is 0.405. The molecule has 31 heavy (non-hydrogen) atoms. The molecule has 0 fully saturated rings. The van der Waals surface area contributed by atoms with E-state index in [1.54, 1.807) is 24.3 Å². The largest absolute Gasteiger partial charge is 0.476 e. The molecular weight excluding hydrogens is 428 g/mol. The molecule has 0 saturated carbocycles. The third kappa shape index (κ3) is 4.61. The molecule has 1 heterocycles. The summed E-state index contributed by atoms with van der Waals surface area (Å²) in [5, 5.41) is 2.52. The molecule has 2 aromatic rings. The summed E-state index contributed by atoms with van der Waals surface area (Å²) in [6, 6.07) is 10.3. The lowest BCUT2D eigenvalue weighted by Crippen LogP contribution is -2.48. The van der Waals surface area contributed by atoms with E-state index in [2.05, 4.69) is 10.1 Å². The van der Waals surface area contributed by atoms with Crippen molar-refractivity contribution in [2.75, 3.05) is 36.6 Å². The predicted molar refractivity (Wildman–Crippen MR) is 111 cm³/mol. The van der Waals surface area contributed by atoms with Crippen molar-refractivity contribution in [3.63, 3.8) is 0 Å². The lowest BCUT2D eigenvalue weighted by molar-refractivity contribution is -0.122. The van der Waals surface area contributed by atoms with E-state index < -0.39 is 34.0 Å². The first-order valence-corrected chi connectivity index (χ1v) is 10.9. The molecule has 2 aromatic carbocycles. The number of ether oxygens (including phenoxy) is 3. The van der Waals surface area contributed by atoms with Crippen LogP contribution in [0.3, 0.4) is 0 Å². The highest BCUT2D eigenvalue weighted by molar-refractivity contribution is 7.92. The zero-order valence-electron chi connectivity index (χ0n) is 16.9. The van der Waals surface area contributed by atoms with Gasteiger partial charge in [0.25, 0.3) is 5.91 Å². The molecule has 10 nitrogen and oxygen atoms in total. The van der Waals surface area contributed by atoms with Gasteiger partial charge in [0.2, 0.25) is 10.0 Å². The number of nitrogens with zero attached hydrogens (tertiary/aromatic N) is 1. The Morgan fingerprint density at radius 1 is 1.06 bits per heavy atom. The number of hydrogen-bond donors (Lipinski definition) is 1. The standard InChI is InChI=1S/C20H20N2O8S/c1-28-19(24)12-8-9-13(20(25)29-2)14(10-12)21-18(23)17-11-22(31(3,26)27)15-6-4-5-7-16(15)30-17/h4-10,17H,11H2,1-3H3,(H,21,23)/t17-/m1/s1. The van der Waals surface area contributed by atoms with E-state index in [1.165, 1.54) is 32.4 Å². The number of benzene rings is 2. The molecule has 0 bridgehead atoms. The van der Waals surface area contributed by atoms with Gasteiger partial charge in [0, 0.05) is 0 Å². The van der Waals surface area contributed by atoms with Crippen LogP contribution in [0.4, 0.5) is 11.4 Å². The van der Waals surface area contributed by atoms with Crippen LogP contribution in [0.25, 0.3) is 0 Å². The Labute approximate surface area is 178 Å². The Morgan fingerprint density at radius 3 is 2.39 bits per heavy atom. The maximum absolute atomic E-state index is 12.9. The van der Waals surface area contributed by atoms with Crippen LogP contribution in [0.1, 0.15) is 20.7 Å². The van der Waals surface area contributed by atoms with E-state index in [-0.39, 0.29) is 29.1 Å². The first-order chi connectivity index (χ1) is 14.7. The minimum atomic E-state index is -3.69. The lowest BCUT2D eigenvalue weighted by Gasteiger charge is -2.33. The van der Waals surface area contributed by atoms with Gasteiger partial charge in [-0.15, -0.1) is 0 Å². The zero-order chi connectivity index (χ0) is 22.8. The molecule has 11 heteroatoms. The van der Waals surface area contributed by atoms with Crippen LogP contribution < -0.4 is 14.4 Å². The van der Waals surface area contributed by atoms with Gasteiger partial charge in [-0.25, -0.2) is 18.0 Å². The third-order valence-corrected chi connectivity index (χ3v) is 5.68. The number of methoxy groups -OCH3 is 2. The molecule has 0 aromatic heterocycles. The quantitative estimate of drug-likeness (QED) is 0.680. The van der Waals surface area contributed by atoms with Crippen molar-refractivity contribution in [1.82, 2.24) is 0 Å². The van der Waals surface area contributed by atoms with Gasteiger partial charge in [-0.2, -0.15) is 0 Å². The van der Waals surface area contributed by atoms with Crippen molar-refractivity contribution in [1.29, 1.82) is 0 Å². The van der Waals surface area contributed by atoms with Crippen molar-refractivity contribution in [3.8, 4) is 5.75 Å². The topological polar surface area (TPSA) is 128 Å². The number of esters is 2. The molecule has 1 N–H and O–H groups in total. The first kappa shape index (κ1) is 22.1. The molecule has 0 unspecified atom stereocenters. The monoisotopic (exact) mass is 448 g/mol. The van der Waals surface area contributed by atoms with E-state index in [1.807, 2.05) is 0 Å². The number of para-hydroxylation sites is 2. The number of sulfonamides is 1. The van der Waals surface area contributed by atoms with Crippen LogP contribution in [0.2, 0.25) is 0 Å². The maximum atomic E-state index is 12.9. The van der Waals surface area contributed by atoms with Crippen molar-refractivity contribution in [2.45, 2.75) is 6.10 Å². The van der Waals surface area contributed by atoms with Crippen LogP contribution in [-0.2, 0) is 24.3 Å². The number of amides is 1. The Kier molecular flexibility index (Phi) is 6.16. The van der Waals surface area contributed by atoms with Gasteiger partial charge in [-0.1, -0.05) is 12.1 Å². The van der Waals surface area contributed by atoms with Gasteiger partial charge in [0.05, 0.1) is 49.5 Å². The fourth-order valence-corrected chi connectivity index (χ4v) is 3.96. The van der Waals surface area contributed by atoms with Crippen molar-refractivity contribution >= 4 is 39.2 Å². The van der Waals surface area contributed by atoms with Gasteiger partial charge in [0.1, 0.15) is 5.75 Å². The third-order valence-electron chi connectivity index (χ3n) is 4.53. The highest BCUT2D eigenvalue weighted by atomic mass is 32.2. The average Bonchev–Trinajstić information content (AvgIpc) is 2.76. The normalized spacial score (nSPS) is 15.3. The van der Waals surface area contributed by atoms with Gasteiger partial charge < -0.3 is 19.5 Å². The molecule has 164 valence electrons. The highest BCUT2D eigenvalue weighted by Gasteiger charge is 2.35. The smallest absolute Gasteiger partial charge is 0.339 e. The minimum Gasteiger partial charge on any atom is -0.476 e. The summed E-state index contributed by atoms with van der Waals surface area (Å²) < 4.78 is 40.6. The number of anilines is 2. The predicted octanol–water partition coefficient (Wildman–Crippen LogP) is 1.43. The fraction of sp³-hybridized carbons (Fsp3) is 0.250. The first-order valence-electron chi connectivity index (χ1n) is 9.00. The van der Waals surface area contributed by atoms with E-state index in [9.17, 15) is 22.8 Å². The molecule has 1 aliphatic rings. The van der Waals surface area contributed by atoms with E-state index in [0.717, 1.165) is 10.6 Å². The second-order valence-corrected chi connectivity index (χ2v) is 8.51. The number of carbonyl (C=O) groups is 3. The van der Waals surface area contributed by atoms with Gasteiger partial charge in [0.15, 0.2) is 6.10 Å².